The molecule has 3 heterocycles. The fraction of sp³-hybridized carbons (Fsp3) is 0.188. The molecule has 0 amide bonds. The highest BCUT2D eigenvalue weighted by atomic mass is 35.5. The summed E-state index contributed by atoms with van der Waals surface area (Å²) < 4.78 is 15.2. The summed E-state index contributed by atoms with van der Waals surface area (Å²) in [7, 11) is 0. The third kappa shape index (κ3) is 4.65. The van der Waals surface area contributed by atoms with E-state index in [9.17, 15) is 9.18 Å². The Morgan fingerprint density at radius 3 is 2.93 bits per heavy atom. The summed E-state index contributed by atoms with van der Waals surface area (Å²) in [5, 5.41) is 12.9. The Morgan fingerprint density at radius 2 is 2.22 bits per heavy atom. The molecule has 0 bridgehead atoms. The van der Waals surface area contributed by atoms with Crippen molar-refractivity contribution in [2.45, 2.75) is 13.1 Å². The van der Waals surface area contributed by atoms with Gasteiger partial charge in [0.15, 0.2) is 0 Å². The molecule has 27 heavy (non-hydrogen) atoms. The normalized spacial score (nSPS) is 11.1. The predicted molar refractivity (Wildman–Crippen MR) is 101 cm³/mol. The number of aromatic nitrogens is 5. The number of halogens is 2. The van der Waals surface area contributed by atoms with Crippen molar-refractivity contribution in [3.63, 3.8) is 0 Å². The lowest BCUT2D eigenvalue weighted by molar-refractivity contribution is 0.604. The van der Waals surface area contributed by atoms with E-state index in [0.29, 0.717) is 18.6 Å². The second-order valence-electron chi connectivity index (χ2n) is 5.31. The smallest absolute Gasteiger partial charge is 0.327 e. The van der Waals surface area contributed by atoms with E-state index < -0.39 is 0 Å². The summed E-state index contributed by atoms with van der Waals surface area (Å²) >= 11 is 1.45. The highest BCUT2D eigenvalue weighted by Gasteiger charge is 2.10. The van der Waals surface area contributed by atoms with Crippen LogP contribution in [-0.4, -0.2) is 30.9 Å². The van der Waals surface area contributed by atoms with Gasteiger partial charge >= 0.3 is 5.69 Å². The minimum Gasteiger partial charge on any atom is -0.327 e. The van der Waals surface area contributed by atoms with Gasteiger partial charge in [-0.2, -0.15) is 10.4 Å². The molecular weight excluding hydrogens is 393 g/mol. The summed E-state index contributed by atoms with van der Waals surface area (Å²) in [5.41, 5.74) is 5.99. The molecule has 0 radical (unpaired) electrons. The number of nitriles is 1. The first kappa shape index (κ1) is 20.4. The Balaban J connectivity index is 0.00000261. The lowest BCUT2D eigenvalue weighted by Gasteiger charge is -2.01. The van der Waals surface area contributed by atoms with Crippen molar-refractivity contribution < 1.29 is 4.39 Å². The van der Waals surface area contributed by atoms with Gasteiger partial charge < -0.3 is 5.73 Å². The van der Waals surface area contributed by atoms with Gasteiger partial charge in [-0.05, 0) is 23.8 Å². The van der Waals surface area contributed by atoms with Crippen molar-refractivity contribution in [1.82, 2.24) is 24.3 Å². The van der Waals surface area contributed by atoms with Crippen LogP contribution in [0, 0.1) is 11.3 Å². The highest BCUT2D eigenvalue weighted by molar-refractivity contribution is 7.15. The number of nitrogens with two attached hydrogens (primary N) is 1. The fourth-order valence-electron chi connectivity index (χ4n) is 2.24. The highest BCUT2D eigenvalue weighted by Crippen LogP contribution is 2.26. The van der Waals surface area contributed by atoms with Crippen LogP contribution in [0.5, 0.6) is 0 Å². The van der Waals surface area contributed by atoms with Crippen LogP contribution in [0.1, 0.15) is 10.7 Å². The maximum absolute atomic E-state index is 12.6. The molecule has 0 spiro atoms. The molecule has 0 aromatic carbocycles. The van der Waals surface area contributed by atoms with Gasteiger partial charge in [-0.3, -0.25) is 4.57 Å². The fourth-order valence-corrected chi connectivity index (χ4v) is 3.22. The first-order valence-electron chi connectivity index (χ1n) is 7.57. The molecule has 0 aliphatic carbocycles. The summed E-state index contributed by atoms with van der Waals surface area (Å²) in [6, 6.07) is 7.38. The van der Waals surface area contributed by atoms with Gasteiger partial charge in [0.2, 0.25) is 5.82 Å². The molecule has 3 aromatic heterocycles. The number of rotatable bonds is 6. The second-order valence-corrected chi connectivity index (χ2v) is 6.48. The maximum Gasteiger partial charge on any atom is 0.346 e. The zero-order chi connectivity index (χ0) is 18.5. The van der Waals surface area contributed by atoms with Crippen LogP contribution in [0.3, 0.4) is 0 Å². The van der Waals surface area contributed by atoms with Crippen LogP contribution in [0.15, 0.2) is 47.4 Å². The topological polar surface area (TPSA) is 115 Å². The molecule has 0 aliphatic heterocycles. The Bertz CT molecular complexity index is 1050. The Morgan fingerprint density at radius 1 is 1.41 bits per heavy atom. The van der Waals surface area contributed by atoms with Gasteiger partial charge in [0.1, 0.15) is 12.4 Å². The Labute approximate surface area is 163 Å². The SMILES string of the molecule is Cl.N#Cc1nccc(-c2ccc(Cn3cnn(C/C(=C/F)CN)c3=O)s2)n1. The molecule has 8 nitrogen and oxygen atoms in total. The van der Waals surface area contributed by atoms with Crippen LogP contribution in [0.25, 0.3) is 10.6 Å². The standard InChI is InChI=1S/C16H14FN7OS.ClH/c17-5-11(6-18)8-24-16(25)23(10-21-24)9-12-1-2-14(26-12)13-3-4-20-15(7-19)22-13;/h1-5,10H,6,8-9,18H2;1H/b11-5+;. The zero-order valence-corrected chi connectivity index (χ0v) is 15.6. The van der Waals surface area contributed by atoms with Crippen LogP contribution < -0.4 is 11.4 Å². The summed E-state index contributed by atoms with van der Waals surface area (Å²) in [5.74, 6) is 0.103. The van der Waals surface area contributed by atoms with Gasteiger partial charge in [-0.25, -0.2) is 23.8 Å². The number of thiophene rings is 1. The monoisotopic (exact) mass is 407 g/mol. The van der Waals surface area contributed by atoms with E-state index in [-0.39, 0.29) is 42.6 Å². The quantitative estimate of drug-likeness (QED) is 0.665. The van der Waals surface area contributed by atoms with E-state index in [2.05, 4.69) is 15.1 Å². The molecule has 2 N–H and O–H groups in total. The molecule has 3 rings (SSSR count). The maximum atomic E-state index is 12.6. The van der Waals surface area contributed by atoms with Gasteiger partial charge in [0.25, 0.3) is 0 Å². The molecule has 140 valence electrons. The Hall–Kier alpha value is -2.87. The molecular formula is C16H15ClFN7OS. The summed E-state index contributed by atoms with van der Waals surface area (Å²) in [6.45, 7) is 0.372. The van der Waals surface area contributed by atoms with Gasteiger partial charge in [-0.1, -0.05) is 0 Å². The van der Waals surface area contributed by atoms with E-state index >= 15 is 0 Å². The molecule has 11 heteroatoms. The van der Waals surface area contributed by atoms with E-state index in [1.54, 1.807) is 6.07 Å². The Kier molecular flexibility index (Phi) is 6.95. The zero-order valence-electron chi connectivity index (χ0n) is 13.9. The number of hydrogen-bond acceptors (Lipinski definition) is 7. The van der Waals surface area contributed by atoms with Crippen molar-refractivity contribution in [2.75, 3.05) is 6.54 Å². The van der Waals surface area contributed by atoms with Crippen LogP contribution in [0.4, 0.5) is 4.39 Å². The molecule has 0 fully saturated rings. The third-order valence-corrected chi connectivity index (χ3v) is 4.65. The first-order chi connectivity index (χ1) is 12.6. The summed E-state index contributed by atoms with van der Waals surface area (Å²) in [4.78, 5) is 22.1. The minimum atomic E-state index is -0.346. The van der Waals surface area contributed by atoms with E-state index in [4.69, 9.17) is 11.0 Å². The lowest BCUT2D eigenvalue weighted by Crippen LogP contribution is -2.26. The molecule has 0 unspecified atom stereocenters. The van der Waals surface area contributed by atoms with E-state index in [1.165, 1.54) is 28.4 Å². The largest absolute Gasteiger partial charge is 0.346 e. The number of nitrogens with zero attached hydrogens (tertiary/aromatic N) is 6. The molecule has 0 aliphatic rings. The predicted octanol–water partition coefficient (Wildman–Crippen LogP) is 1.72. The minimum absolute atomic E-state index is 0. The second kappa shape index (κ2) is 9.18. The van der Waals surface area contributed by atoms with E-state index in [0.717, 1.165) is 14.4 Å². The van der Waals surface area contributed by atoms with E-state index in [1.807, 2.05) is 18.2 Å². The van der Waals surface area contributed by atoms with Crippen LogP contribution in [-0.2, 0) is 13.1 Å². The molecule has 0 saturated carbocycles. The first-order valence-corrected chi connectivity index (χ1v) is 8.39. The van der Waals surface area contributed by atoms with Crippen LogP contribution >= 0.6 is 23.7 Å². The molecule has 0 atom stereocenters. The van der Waals surface area contributed by atoms with Crippen molar-refractivity contribution in [1.29, 1.82) is 5.26 Å². The lowest BCUT2D eigenvalue weighted by atomic mass is 10.3. The van der Waals surface area contributed by atoms with Crippen molar-refractivity contribution in [2.24, 2.45) is 5.73 Å². The number of hydrogen-bond donors (Lipinski definition) is 1. The van der Waals surface area contributed by atoms with Crippen molar-refractivity contribution >= 4 is 23.7 Å². The van der Waals surface area contributed by atoms with Gasteiger partial charge in [0, 0.05) is 17.6 Å². The van der Waals surface area contributed by atoms with Gasteiger partial charge in [-0.15, -0.1) is 23.7 Å². The molecule has 0 saturated heterocycles. The van der Waals surface area contributed by atoms with Crippen molar-refractivity contribution in [3.8, 4) is 16.6 Å². The average molecular weight is 408 g/mol. The third-order valence-electron chi connectivity index (χ3n) is 3.56. The van der Waals surface area contributed by atoms with Gasteiger partial charge in [0.05, 0.1) is 30.0 Å². The van der Waals surface area contributed by atoms with Crippen LogP contribution in [0.2, 0.25) is 0 Å². The summed E-state index contributed by atoms with van der Waals surface area (Å²) in [6.07, 6.45) is 3.34. The average Bonchev–Trinajstić information content (AvgIpc) is 3.28. The molecule has 3 aromatic rings. The van der Waals surface area contributed by atoms with Crippen molar-refractivity contribution in [3.05, 3.63) is 63.8 Å².